The highest BCUT2D eigenvalue weighted by Crippen LogP contribution is 2.32. The van der Waals surface area contributed by atoms with Crippen LogP contribution in [0.1, 0.15) is 68.2 Å². The highest BCUT2D eigenvalue weighted by atomic mass is 32.2. The molecule has 0 unspecified atom stereocenters. The molecule has 1 aromatic carbocycles. The van der Waals surface area contributed by atoms with Gasteiger partial charge >= 0.3 is 0 Å². The van der Waals surface area contributed by atoms with Crippen LogP contribution in [0.5, 0.6) is 0 Å². The Balaban J connectivity index is 1.61. The van der Waals surface area contributed by atoms with E-state index in [-0.39, 0.29) is 17.6 Å². The molecule has 2 amide bonds. The summed E-state index contributed by atoms with van der Waals surface area (Å²) in [6.07, 6.45) is 6.04. The van der Waals surface area contributed by atoms with Crippen molar-refractivity contribution in [3.8, 4) is 0 Å². The number of benzene rings is 1. The molecule has 0 radical (unpaired) electrons. The van der Waals surface area contributed by atoms with Gasteiger partial charge in [0.1, 0.15) is 5.82 Å². The van der Waals surface area contributed by atoms with Crippen LogP contribution in [0.25, 0.3) is 0 Å². The van der Waals surface area contributed by atoms with E-state index in [0.29, 0.717) is 30.4 Å². The maximum Gasteiger partial charge on any atom is 0.253 e. The SMILES string of the molecule is CCN(CC)C(=O)c1cccc(NC(=O)CSc2nnc(C)n2C2CCCCC2)c1. The van der Waals surface area contributed by atoms with Gasteiger partial charge in [0.25, 0.3) is 5.91 Å². The second kappa shape index (κ2) is 10.6. The third-order valence-corrected chi connectivity index (χ3v) is 6.49. The fourth-order valence-electron chi connectivity index (χ4n) is 3.96. The summed E-state index contributed by atoms with van der Waals surface area (Å²) in [4.78, 5) is 26.8. The van der Waals surface area contributed by atoms with Gasteiger partial charge in [-0.05, 0) is 51.8 Å². The van der Waals surface area contributed by atoms with E-state index < -0.39 is 0 Å². The molecule has 0 bridgehead atoms. The maximum absolute atomic E-state index is 12.5. The minimum Gasteiger partial charge on any atom is -0.339 e. The molecule has 30 heavy (non-hydrogen) atoms. The van der Waals surface area contributed by atoms with Gasteiger partial charge in [0, 0.05) is 30.4 Å². The molecule has 162 valence electrons. The molecule has 1 N–H and O–H groups in total. The summed E-state index contributed by atoms with van der Waals surface area (Å²) < 4.78 is 2.19. The smallest absolute Gasteiger partial charge is 0.253 e. The van der Waals surface area contributed by atoms with Crippen molar-refractivity contribution in [1.29, 1.82) is 0 Å². The molecular formula is C22H31N5O2S. The number of nitrogens with zero attached hydrogens (tertiary/aromatic N) is 4. The lowest BCUT2D eigenvalue weighted by Gasteiger charge is -2.24. The van der Waals surface area contributed by atoms with Gasteiger partial charge in [0.15, 0.2) is 5.16 Å². The summed E-state index contributed by atoms with van der Waals surface area (Å²) in [6.45, 7) is 7.20. The summed E-state index contributed by atoms with van der Waals surface area (Å²) in [7, 11) is 0. The van der Waals surface area contributed by atoms with Gasteiger partial charge in [0.2, 0.25) is 5.91 Å². The number of hydrogen-bond acceptors (Lipinski definition) is 5. The van der Waals surface area contributed by atoms with Gasteiger partial charge in [-0.15, -0.1) is 10.2 Å². The zero-order valence-corrected chi connectivity index (χ0v) is 18.9. The molecule has 2 aromatic rings. The van der Waals surface area contributed by atoms with E-state index in [1.807, 2.05) is 20.8 Å². The predicted molar refractivity (Wildman–Crippen MR) is 120 cm³/mol. The third kappa shape index (κ3) is 5.41. The molecule has 8 heteroatoms. The standard InChI is InChI=1S/C22H31N5O2S/c1-4-26(5-2)21(29)17-10-9-11-18(14-17)23-20(28)15-30-22-25-24-16(3)27(22)19-12-7-6-8-13-19/h9-11,14,19H,4-8,12-13,15H2,1-3H3,(H,23,28). The first kappa shape index (κ1) is 22.3. The van der Waals surface area contributed by atoms with Crippen LogP contribution in [0, 0.1) is 6.92 Å². The Labute approximate surface area is 182 Å². The molecule has 3 rings (SSSR count). The number of aromatic nitrogens is 3. The number of carbonyl (C=O) groups is 2. The van der Waals surface area contributed by atoms with Crippen molar-refractivity contribution in [3.63, 3.8) is 0 Å². The molecule has 7 nitrogen and oxygen atoms in total. The molecule has 1 aliphatic rings. The number of nitrogens with one attached hydrogen (secondary N) is 1. The van der Waals surface area contributed by atoms with E-state index in [2.05, 4.69) is 20.1 Å². The minimum atomic E-state index is -0.122. The molecular weight excluding hydrogens is 398 g/mol. The average molecular weight is 430 g/mol. The average Bonchev–Trinajstić information content (AvgIpc) is 3.14. The molecule has 0 aliphatic heterocycles. The second-order valence-electron chi connectivity index (χ2n) is 7.59. The molecule has 0 spiro atoms. The largest absolute Gasteiger partial charge is 0.339 e. The Bertz CT molecular complexity index is 872. The summed E-state index contributed by atoms with van der Waals surface area (Å²) in [6, 6.07) is 7.54. The molecule has 1 aromatic heterocycles. The van der Waals surface area contributed by atoms with Crippen LogP contribution < -0.4 is 5.32 Å². The predicted octanol–water partition coefficient (Wildman–Crippen LogP) is 4.30. The van der Waals surface area contributed by atoms with Crippen molar-refractivity contribution in [1.82, 2.24) is 19.7 Å². The molecule has 1 heterocycles. The van der Waals surface area contributed by atoms with E-state index in [1.54, 1.807) is 29.2 Å². The van der Waals surface area contributed by atoms with Crippen LogP contribution in [0.3, 0.4) is 0 Å². The summed E-state index contributed by atoms with van der Waals surface area (Å²) in [5.41, 5.74) is 1.21. The normalized spacial score (nSPS) is 14.5. The van der Waals surface area contributed by atoms with Crippen LogP contribution >= 0.6 is 11.8 Å². The fraction of sp³-hybridized carbons (Fsp3) is 0.545. The second-order valence-corrected chi connectivity index (χ2v) is 8.53. The van der Waals surface area contributed by atoms with Crippen LogP contribution in [0.2, 0.25) is 0 Å². The minimum absolute atomic E-state index is 0.0264. The van der Waals surface area contributed by atoms with Crippen LogP contribution in [-0.4, -0.2) is 50.3 Å². The van der Waals surface area contributed by atoms with Gasteiger partial charge in [-0.1, -0.05) is 37.1 Å². The summed E-state index contributed by atoms with van der Waals surface area (Å²) in [5.74, 6) is 1.01. The van der Waals surface area contributed by atoms with Crippen molar-refractivity contribution in [3.05, 3.63) is 35.7 Å². The Kier molecular flexibility index (Phi) is 7.90. The van der Waals surface area contributed by atoms with Crippen LogP contribution in [0.4, 0.5) is 5.69 Å². The quantitative estimate of drug-likeness (QED) is 0.633. The van der Waals surface area contributed by atoms with Crippen molar-refractivity contribution >= 4 is 29.3 Å². The summed E-state index contributed by atoms with van der Waals surface area (Å²) >= 11 is 1.41. The highest BCUT2D eigenvalue weighted by molar-refractivity contribution is 7.99. The van der Waals surface area contributed by atoms with E-state index in [4.69, 9.17) is 0 Å². The number of carbonyl (C=O) groups excluding carboxylic acids is 2. The van der Waals surface area contributed by atoms with Crippen molar-refractivity contribution in [2.24, 2.45) is 0 Å². The van der Waals surface area contributed by atoms with E-state index in [1.165, 1.54) is 31.0 Å². The zero-order valence-electron chi connectivity index (χ0n) is 18.1. The van der Waals surface area contributed by atoms with Gasteiger partial charge in [-0.2, -0.15) is 0 Å². The van der Waals surface area contributed by atoms with Crippen molar-refractivity contribution < 1.29 is 9.59 Å². The van der Waals surface area contributed by atoms with Gasteiger partial charge < -0.3 is 14.8 Å². The lowest BCUT2D eigenvalue weighted by molar-refractivity contribution is -0.113. The van der Waals surface area contributed by atoms with Gasteiger partial charge in [-0.3, -0.25) is 9.59 Å². The topological polar surface area (TPSA) is 80.1 Å². The first-order valence-electron chi connectivity index (χ1n) is 10.8. The van der Waals surface area contributed by atoms with Gasteiger partial charge in [-0.25, -0.2) is 0 Å². The molecule has 0 saturated heterocycles. The Morgan fingerprint density at radius 3 is 2.60 bits per heavy atom. The highest BCUT2D eigenvalue weighted by Gasteiger charge is 2.22. The third-order valence-electron chi connectivity index (χ3n) is 5.55. The van der Waals surface area contributed by atoms with Crippen molar-refractivity contribution in [2.45, 2.75) is 64.1 Å². The molecule has 1 fully saturated rings. The number of aryl methyl sites for hydroxylation is 1. The molecule has 1 saturated carbocycles. The first-order chi connectivity index (χ1) is 14.5. The number of rotatable bonds is 8. The summed E-state index contributed by atoms with van der Waals surface area (Å²) in [5, 5.41) is 12.2. The number of thioether (sulfide) groups is 1. The number of anilines is 1. The van der Waals surface area contributed by atoms with E-state index >= 15 is 0 Å². The maximum atomic E-state index is 12.5. The molecule has 0 atom stereocenters. The Hall–Kier alpha value is -2.35. The van der Waals surface area contributed by atoms with Crippen LogP contribution in [-0.2, 0) is 4.79 Å². The Morgan fingerprint density at radius 1 is 1.17 bits per heavy atom. The Morgan fingerprint density at radius 2 is 1.90 bits per heavy atom. The fourth-order valence-corrected chi connectivity index (χ4v) is 4.81. The van der Waals surface area contributed by atoms with Gasteiger partial charge in [0.05, 0.1) is 5.75 Å². The number of amides is 2. The van der Waals surface area contributed by atoms with E-state index in [0.717, 1.165) is 23.8 Å². The number of hydrogen-bond donors (Lipinski definition) is 1. The van der Waals surface area contributed by atoms with E-state index in [9.17, 15) is 9.59 Å². The zero-order chi connectivity index (χ0) is 21.5. The lowest BCUT2D eigenvalue weighted by Crippen LogP contribution is -2.30. The van der Waals surface area contributed by atoms with Crippen LogP contribution in [0.15, 0.2) is 29.4 Å². The first-order valence-corrected chi connectivity index (χ1v) is 11.8. The lowest BCUT2D eigenvalue weighted by atomic mass is 9.95. The molecule has 1 aliphatic carbocycles. The van der Waals surface area contributed by atoms with Crippen molar-refractivity contribution in [2.75, 3.05) is 24.2 Å². The monoisotopic (exact) mass is 429 g/mol.